The fourth-order valence-electron chi connectivity index (χ4n) is 1.66. The number of hydrogen-bond donors (Lipinski definition) is 2. The maximum absolute atomic E-state index is 13.0. The molecule has 2 aromatic rings. The Morgan fingerprint density at radius 2 is 2.05 bits per heavy atom. The van der Waals surface area contributed by atoms with Crippen LogP contribution in [0.3, 0.4) is 0 Å². The van der Waals surface area contributed by atoms with Gasteiger partial charge < -0.3 is 11.1 Å². The lowest BCUT2D eigenvalue weighted by Gasteiger charge is -2.08. The topological polar surface area (TPSA) is 55.1 Å². The average Bonchev–Trinajstić information content (AvgIpc) is 2.36. The van der Waals surface area contributed by atoms with Crippen LogP contribution < -0.4 is 11.1 Å². The summed E-state index contributed by atoms with van der Waals surface area (Å²) in [4.78, 5) is 11.9. The number of carbonyl (C=O) groups is 1. The Hall–Kier alpha value is -1.88. The van der Waals surface area contributed by atoms with E-state index in [1.807, 2.05) is 0 Å². The van der Waals surface area contributed by atoms with Gasteiger partial charge in [-0.1, -0.05) is 28.1 Å². The summed E-state index contributed by atoms with van der Waals surface area (Å²) in [6, 6.07) is 11.1. The molecule has 0 unspecified atom stereocenters. The third kappa shape index (κ3) is 3.54. The van der Waals surface area contributed by atoms with Crippen molar-refractivity contribution in [1.29, 1.82) is 0 Å². The van der Waals surface area contributed by atoms with Crippen molar-refractivity contribution < 1.29 is 9.18 Å². The predicted molar refractivity (Wildman–Crippen MR) is 76.1 cm³/mol. The number of rotatable bonds is 3. The molecule has 2 rings (SSSR count). The standard InChI is InChI=1S/C14H12BrFN2O/c15-10-4-5-12(13(17)7-10)14(19)18-8-9-2-1-3-11(16)6-9/h1-7H,8,17H2,(H,18,19). The maximum atomic E-state index is 13.0. The first-order valence-electron chi connectivity index (χ1n) is 5.64. The summed E-state index contributed by atoms with van der Waals surface area (Å²) in [6.45, 7) is 0.256. The zero-order valence-corrected chi connectivity index (χ0v) is 11.6. The summed E-state index contributed by atoms with van der Waals surface area (Å²) in [5.74, 6) is -0.607. The van der Waals surface area contributed by atoms with E-state index in [9.17, 15) is 9.18 Å². The molecular weight excluding hydrogens is 311 g/mol. The molecular formula is C14H12BrFN2O. The summed E-state index contributed by atoms with van der Waals surface area (Å²) in [6.07, 6.45) is 0. The molecule has 0 heterocycles. The van der Waals surface area contributed by atoms with Crippen molar-refractivity contribution in [2.75, 3.05) is 5.73 Å². The molecule has 1 amide bonds. The summed E-state index contributed by atoms with van der Waals surface area (Å²) in [5, 5.41) is 2.70. The predicted octanol–water partition coefficient (Wildman–Crippen LogP) is 3.10. The Balaban J connectivity index is 2.05. The molecule has 0 aliphatic carbocycles. The second-order valence-electron chi connectivity index (χ2n) is 4.04. The van der Waals surface area contributed by atoms with Crippen LogP contribution in [0.4, 0.5) is 10.1 Å². The van der Waals surface area contributed by atoms with Crippen LogP contribution >= 0.6 is 15.9 Å². The van der Waals surface area contributed by atoms with Gasteiger partial charge in [0, 0.05) is 16.7 Å². The minimum absolute atomic E-state index is 0.256. The Morgan fingerprint density at radius 3 is 2.74 bits per heavy atom. The average molecular weight is 323 g/mol. The van der Waals surface area contributed by atoms with Crippen LogP contribution in [0, 0.1) is 5.82 Å². The number of nitrogens with two attached hydrogens (primary N) is 1. The highest BCUT2D eigenvalue weighted by molar-refractivity contribution is 9.10. The van der Waals surface area contributed by atoms with E-state index >= 15 is 0 Å². The highest BCUT2D eigenvalue weighted by Crippen LogP contribution is 2.18. The Labute approximate surface area is 118 Å². The van der Waals surface area contributed by atoms with Crippen molar-refractivity contribution in [3.05, 3.63) is 63.9 Å². The molecule has 3 nitrogen and oxygen atoms in total. The number of carbonyl (C=O) groups excluding carboxylic acids is 1. The van der Waals surface area contributed by atoms with E-state index in [1.165, 1.54) is 12.1 Å². The smallest absolute Gasteiger partial charge is 0.253 e. The summed E-state index contributed by atoms with van der Waals surface area (Å²) in [5.41, 5.74) is 7.26. The van der Waals surface area contributed by atoms with Crippen LogP contribution in [-0.4, -0.2) is 5.91 Å². The van der Waals surface area contributed by atoms with Crippen molar-refractivity contribution in [2.24, 2.45) is 0 Å². The molecule has 0 spiro atoms. The normalized spacial score (nSPS) is 10.2. The van der Waals surface area contributed by atoms with E-state index in [2.05, 4.69) is 21.2 Å². The molecule has 3 N–H and O–H groups in total. The lowest BCUT2D eigenvalue weighted by atomic mass is 10.1. The van der Waals surface area contributed by atoms with Gasteiger partial charge in [-0.15, -0.1) is 0 Å². The van der Waals surface area contributed by atoms with E-state index in [1.54, 1.807) is 30.3 Å². The van der Waals surface area contributed by atoms with Gasteiger partial charge in [-0.3, -0.25) is 4.79 Å². The number of nitrogens with one attached hydrogen (secondary N) is 1. The fourth-order valence-corrected chi connectivity index (χ4v) is 2.04. The fraction of sp³-hybridized carbons (Fsp3) is 0.0714. The molecule has 0 saturated heterocycles. The van der Waals surface area contributed by atoms with Gasteiger partial charge in [0.2, 0.25) is 0 Å². The van der Waals surface area contributed by atoms with E-state index in [0.717, 1.165) is 4.47 Å². The second kappa shape index (κ2) is 5.84. The van der Waals surface area contributed by atoms with Crippen molar-refractivity contribution in [2.45, 2.75) is 6.54 Å². The third-order valence-corrected chi connectivity index (χ3v) is 3.09. The molecule has 5 heteroatoms. The van der Waals surface area contributed by atoms with Gasteiger partial charge in [0.15, 0.2) is 0 Å². The van der Waals surface area contributed by atoms with Crippen LogP contribution in [0.2, 0.25) is 0 Å². The van der Waals surface area contributed by atoms with Gasteiger partial charge in [0.25, 0.3) is 5.91 Å². The lowest BCUT2D eigenvalue weighted by molar-refractivity contribution is 0.0951. The van der Waals surface area contributed by atoms with Crippen molar-refractivity contribution in [3.8, 4) is 0 Å². The number of anilines is 1. The first-order chi connectivity index (χ1) is 9.06. The molecule has 98 valence electrons. The first kappa shape index (κ1) is 13.5. The molecule has 0 aliphatic rings. The SMILES string of the molecule is Nc1cc(Br)ccc1C(=O)NCc1cccc(F)c1. The number of amides is 1. The molecule has 0 saturated carbocycles. The zero-order valence-electron chi connectivity index (χ0n) is 9.99. The number of halogens is 2. The van der Waals surface area contributed by atoms with E-state index in [4.69, 9.17) is 5.73 Å². The molecule has 0 radical (unpaired) electrons. The Morgan fingerprint density at radius 1 is 1.26 bits per heavy atom. The van der Waals surface area contributed by atoms with Crippen molar-refractivity contribution in [1.82, 2.24) is 5.32 Å². The molecule has 0 aromatic heterocycles. The van der Waals surface area contributed by atoms with Crippen LogP contribution in [0.5, 0.6) is 0 Å². The van der Waals surface area contributed by atoms with Crippen molar-refractivity contribution in [3.63, 3.8) is 0 Å². The molecule has 2 aromatic carbocycles. The number of benzene rings is 2. The number of hydrogen-bond acceptors (Lipinski definition) is 2. The quantitative estimate of drug-likeness (QED) is 0.853. The molecule has 0 bridgehead atoms. The number of nitrogen functional groups attached to an aromatic ring is 1. The lowest BCUT2D eigenvalue weighted by Crippen LogP contribution is -2.23. The van der Waals surface area contributed by atoms with Crippen LogP contribution in [0.25, 0.3) is 0 Å². The van der Waals surface area contributed by atoms with Gasteiger partial charge in [-0.25, -0.2) is 4.39 Å². The largest absolute Gasteiger partial charge is 0.398 e. The summed E-state index contributed by atoms with van der Waals surface area (Å²) < 4.78 is 13.8. The van der Waals surface area contributed by atoms with Crippen LogP contribution in [0.1, 0.15) is 15.9 Å². The minimum Gasteiger partial charge on any atom is -0.398 e. The van der Waals surface area contributed by atoms with Gasteiger partial charge in [0.1, 0.15) is 5.82 Å². The van der Waals surface area contributed by atoms with Crippen LogP contribution in [0.15, 0.2) is 46.9 Å². The van der Waals surface area contributed by atoms with E-state index in [0.29, 0.717) is 16.8 Å². The minimum atomic E-state index is -0.324. The van der Waals surface area contributed by atoms with E-state index in [-0.39, 0.29) is 18.3 Å². The highest BCUT2D eigenvalue weighted by atomic mass is 79.9. The van der Waals surface area contributed by atoms with Crippen LogP contribution in [-0.2, 0) is 6.54 Å². The molecule has 0 fully saturated rings. The Bertz CT molecular complexity index is 616. The molecule has 0 aliphatic heterocycles. The van der Waals surface area contributed by atoms with Gasteiger partial charge >= 0.3 is 0 Å². The molecule has 19 heavy (non-hydrogen) atoms. The van der Waals surface area contributed by atoms with E-state index < -0.39 is 0 Å². The monoisotopic (exact) mass is 322 g/mol. The third-order valence-electron chi connectivity index (χ3n) is 2.60. The Kier molecular flexibility index (Phi) is 4.16. The van der Waals surface area contributed by atoms with Gasteiger partial charge in [0.05, 0.1) is 5.56 Å². The summed E-state index contributed by atoms with van der Waals surface area (Å²) in [7, 11) is 0. The van der Waals surface area contributed by atoms with Gasteiger partial charge in [-0.05, 0) is 35.9 Å². The molecule has 0 atom stereocenters. The maximum Gasteiger partial charge on any atom is 0.253 e. The first-order valence-corrected chi connectivity index (χ1v) is 6.43. The zero-order chi connectivity index (χ0) is 13.8. The second-order valence-corrected chi connectivity index (χ2v) is 4.96. The van der Waals surface area contributed by atoms with Crippen molar-refractivity contribution >= 4 is 27.5 Å². The highest BCUT2D eigenvalue weighted by Gasteiger charge is 2.09. The van der Waals surface area contributed by atoms with Gasteiger partial charge in [-0.2, -0.15) is 0 Å². The summed E-state index contributed by atoms with van der Waals surface area (Å²) >= 11 is 3.28.